The van der Waals surface area contributed by atoms with Crippen molar-refractivity contribution in [2.75, 3.05) is 11.9 Å². The standard InChI is InChI=1S/C12H18BrN3O/c1-2-10-14-9(13)7-11(15-10)16-12(8-17)5-3-4-6-12/h7,17H,2-6,8H2,1H3,(H,14,15,16). The van der Waals surface area contributed by atoms with Crippen LogP contribution in [0.5, 0.6) is 0 Å². The van der Waals surface area contributed by atoms with E-state index in [0.29, 0.717) is 0 Å². The minimum atomic E-state index is -0.182. The molecule has 0 bridgehead atoms. The zero-order valence-electron chi connectivity index (χ0n) is 10.0. The summed E-state index contributed by atoms with van der Waals surface area (Å²) in [6, 6.07) is 1.87. The normalized spacial score (nSPS) is 18.3. The minimum Gasteiger partial charge on any atom is -0.394 e. The van der Waals surface area contributed by atoms with Crippen molar-refractivity contribution in [3.05, 3.63) is 16.5 Å². The molecule has 0 spiro atoms. The molecule has 0 amide bonds. The van der Waals surface area contributed by atoms with Crippen LogP contribution in [0.15, 0.2) is 10.7 Å². The highest BCUT2D eigenvalue weighted by Crippen LogP contribution is 2.32. The molecule has 1 fully saturated rings. The van der Waals surface area contributed by atoms with E-state index in [1.807, 2.05) is 13.0 Å². The summed E-state index contributed by atoms with van der Waals surface area (Å²) in [5.74, 6) is 1.62. The Hall–Kier alpha value is -0.680. The van der Waals surface area contributed by atoms with E-state index in [1.165, 1.54) is 12.8 Å². The van der Waals surface area contributed by atoms with Crippen molar-refractivity contribution < 1.29 is 5.11 Å². The Balaban J connectivity index is 2.19. The van der Waals surface area contributed by atoms with Crippen molar-refractivity contribution in [1.29, 1.82) is 0 Å². The number of hydrogen-bond acceptors (Lipinski definition) is 4. The van der Waals surface area contributed by atoms with E-state index < -0.39 is 0 Å². The predicted molar refractivity (Wildman–Crippen MR) is 71.0 cm³/mol. The molecule has 2 N–H and O–H groups in total. The molecule has 1 heterocycles. The van der Waals surface area contributed by atoms with Gasteiger partial charge in [0.05, 0.1) is 12.1 Å². The van der Waals surface area contributed by atoms with Crippen LogP contribution in [0.4, 0.5) is 5.82 Å². The monoisotopic (exact) mass is 299 g/mol. The second-order valence-electron chi connectivity index (χ2n) is 4.62. The number of aromatic nitrogens is 2. The Bertz CT molecular complexity index is 391. The lowest BCUT2D eigenvalue weighted by molar-refractivity contribution is 0.213. The van der Waals surface area contributed by atoms with Gasteiger partial charge in [0.15, 0.2) is 0 Å². The maximum Gasteiger partial charge on any atom is 0.131 e. The van der Waals surface area contributed by atoms with Gasteiger partial charge in [0.25, 0.3) is 0 Å². The molecule has 0 unspecified atom stereocenters. The summed E-state index contributed by atoms with van der Waals surface area (Å²) in [5.41, 5.74) is -0.182. The molecular weight excluding hydrogens is 282 g/mol. The average Bonchev–Trinajstić information content (AvgIpc) is 2.77. The third-order valence-corrected chi connectivity index (χ3v) is 3.72. The van der Waals surface area contributed by atoms with Crippen LogP contribution in [0.1, 0.15) is 38.4 Å². The summed E-state index contributed by atoms with van der Waals surface area (Å²) in [6.45, 7) is 2.19. The summed E-state index contributed by atoms with van der Waals surface area (Å²) >= 11 is 3.39. The Kier molecular flexibility index (Phi) is 3.99. The van der Waals surface area contributed by atoms with Crippen LogP contribution in [-0.4, -0.2) is 27.2 Å². The fraction of sp³-hybridized carbons (Fsp3) is 0.667. The number of halogens is 1. The van der Waals surface area contributed by atoms with Gasteiger partial charge in [-0.15, -0.1) is 0 Å². The summed E-state index contributed by atoms with van der Waals surface area (Å²) in [5, 5.41) is 12.9. The van der Waals surface area contributed by atoms with Gasteiger partial charge in [-0.25, -0.2) is 9.97 Å². The van der Waals surface area contributed by atoms with Crippen molar-refractivity contribution in [3.8, 4) is 0 Å². The van der Waals surface area contributed by atoms with E-state index in [1.54, 1.807) is 0 Å². The molecule has 1 aliphatic carbocycles. The fourth-order valence-electron chi connectivity index (χ4n) is 2.33. The summed E-state index contributed by atoms with van der Waals surface area (Å²) in [4.78, 5) is 8.72. The molecule has 0 aromatic carbocycles. The Labute approximate surface area is 110 Å². The van der Waals surface area contributed by atoms with E-state index in [0.717, 1.165) is 35.5 Å². The number of aryl methyl sites for hydroxylation is 1. The number of aliphatic hydroxyl groups is 1. The highest BCUT2D eigenvalue weighted by molar-refractivity contribution is 9.10. The third kappa shape index (κ3) is 2.96. The van der Waals surface area contributed by atoms with Gasteiger partial charge in [0.2, 0.25) is 0 Å². The second kappa shape index (κ2) is 5.31. The molecular formula is C12H18BrN3O. The molecule has 1 aliphatic rings. The van der Waals surface area contributed by atoms with Gasteiger partial charge in [-0.1, -0.05) is 19.8 Å². The number of hydrogen-bond donors (Lipinski definition) is 2. The lowest BCUT2D eigenvalue weighted by Crippen LogP contribution is -2.39. The first kappa shape index (κ1) is 12.8. The molecule has 17 heavy (non-hydrogen) atoms. The van der Waals surface area contributed by atoms with Crippen LogP contribution in [0.2, 0.25) is 0 Å². The molecule has 5 heteroatoms. The molecule has 94 valence electrons. The van der Waals surface area contributed by atoms with Crippen LogP contribution in [0, 0.1) is 0 Å². The number of anilines is 1. The van der Waals surface area contributed by atoms with Gasteiger partial charge in [-0.2, -0.15) is 0 Å². The number of aliphatic hydroxyl groups excluding tert-OH is 1. The largest absolute Gasteiger partial charge is 0.394 e. The quantitative estimate of drug-likeness (QED) is 0.839. The maximum atomic E-state index is 9.56. The van der Waals surface area contributed by atoms with E-state index in [9.17, 15) is 5.11 Å². The van der Waals surface area contributed by atoms with E-state index >= 15 is 0 Å². The summed E-state index contributed by atoms with van der Waals surface area (Å²) in [7, 11) is 0. The van der Waals surface area contributed by atoms with Gasteiger partial charge < -0.3 is 10.4 Å². The van der Waals surface area contributed by atoms with E-state index in [4.69, 9.17) is 0 Å². The smallest absolute Gasteiger partial charge is 0.131 e. The van der Waals surface area contributed by atoms with Crippen molar-refractivity contribution in [2.24, 2.45) is 0 Å². The second-order valence-corrected chi connectivity index (χ2v) is 5.43. The van der Waals surface area contributed by atoms with Crippen LogP contribution < -0.4 is 5.32 Å². The number of rotatable bonds is 4. The summed E-state index contributed by atoms with van der Waals surface area (Å²) < 4.78 is 0.790. The van der Waals surface area contributed by atoms with Gasteiger partial charge in [0, 0.05) is 12.5 Å². The van der Waals surface area contributed by atoms with Crippen molar-refractivity contribution in [1.82, 2.24) is 9.97 Å². The first-order valence-corrected chi connectivity index (χ1v) is 6.89. The van der Waals surface area contributed by atoms with Crippen LogP contribution >= 0.6 is 15.9 Å². The lowest BCUT2D eigenvalue weighted by atomic mass is 9.99. The molecule has 4 nitrogen and oxygen atoms in total. The first-order valence-electron chi connectivity index (χ1n) is 6.10. The topological polar surface area (TPSA) is 58.0 Å². The zero-order valence-corrected chi connectivity index (χ0v) is 11.6. The zero-order chi connectivity index (χ0) is 12.3. The van der Waals surface area contributed by atoms with Gasteiger partial charge in [-0.3, -0.25) is 0 Å². The fourth-order valence-corrected chi connectivity index (χ4v) is 2.75. The first-order chi connectivity index (χ1) is 8.17. The van der Waals surface area contributed by atoms with Crippen molar-refractivity contribution in [2.45, 2.75) is 44.6 Å². The SMILES string of the molecule is CCc1nc(Br)cc(NC2(CO)CCCC2)n1. The molecule has 0 aliphatic heterocycles. The minimum absolute atomic E-state index is 0.163. The Morgan fingerprint density at radius 2 is 2.12 bits per heavy atom. The highest BCUT2D eigenvalue weighted by atomic mass is 79.9. The van der Waals surface area contributed by atoms with Gasteiger partial charge in [0.1, 0.15) is 16.2 Å². The van der Waals surface area contributed by atoms with Gasteiger partial charge >= 0.3 is 0 Å². The maximum absolute atomic E-state index is 9.56. The average molecular weight is 300 g/mol. The Morgan fingerprint density at radius 3 is 2.71 bits per heavy atom. The van der Waals surface area contributed by atoms with E-state index in [-0.39, 0.29) is 12.1 Å². The lowest BCUT2D eigenvalue weighted by Gasteiger charge is -2.28. The molecule has 0 atom stereocenters. The highest BCUT2D eigenvalue weighted by Gasteiger charge is 2.33. The van der Waals surface area contributed by atoms with Gasteiger partial charge in [-0.05, 0) is 28.8 Å². The number of nitrogens with zero attached hydrogens (tertiary/aromatic N) is 2. The van der Waals surface area contributed by atoms with Crippen molar-refractivity contribution in [3.63, 3.8) is 0 Å². The summed E-state index contributed by atoms with van der Waals surface area (Å²) in [6.07, 6.45) is 5.15. The number of nitrogens with one attached hydrogen (secondary N) is 1. The molecule has 1 saturated carbocycles. The van der Waals surface area contributed by atoms with E-state index in [2.05, 4.69) is 31.2 Å². The molecule has 0 radical (unpaired) electrons. The predicted octanol–water partition coefficient (Wildman–Crippen LogP) is 2.52. The van der Waals surface area contributed by atoms with Crippen LogP contribution in [-0.2, 0) is 6.42 Å². The Morgan fingerprint density at radius 1 is 1.41 bits per heavy atom. The van der Waals surface area contributed by atoms with Crippen LogP contribution in [0.3, 0.4) is 0 Å². The van der Waals surface area contributed by atoms with Crippen LogP contribution in [0.25, 0.3) is 0 Å². The molecule has 0 saturated heterocycles. The molecule has 2 rings (SSSR count). The molecule has 1 aromatic rings. The third-order valence-electron chi connectivity index (χ3n) is 3.31. The molecule has 1 aromatic heterocycles. The van der Waals surface area contributed by atoms with Crippen molar-refractivity contribution >= 4 is 21.7 Å².